The van der Waals surface area contributed by atoms with Crippen LogP contribution >= 0.6 is 11.3 Å². The number of benzene rings is 1. The first-order valence-corrected chi connectivity index (χ1v) is 6.81. The van der Waals surface area contributed by atoms with Gasteiger partial charge >= 0.3 is 5.97 Å². The Hall–Kier alpha value is -1.88. The molecule has 1 aromatic heterocycles. The first kappa shape index (κ1) is 13.5. The van der Waals surface area contributed by atoms with E-state index in [0.29, 0.717) is 4.88 Å². The highest BCUT2D eigenvalue weighted by Gasteiger charge is 2.17. The molecule has 1 amide bonds. The Balaban J connectivity index is 2.18. The van der Waals surface area contributed by atoms with Gasteiger partial charge in [0.15, 0.2) is 0 Å². The maximum Gasteiger partial charge on any atom is 0.308 e. The zero-order valence-corrected chi connectivity index (χ0v) is 11.6. The van der Waals surface area contributed by atoms with Crippen LogP contribution in [0.4, 0.5) is 0 Å². The summed E-state index contributed by atoms with van der Waals surface area (Å²) >= 11 is 1.43. The average molecular weight is 277 g/mol. The van der Waals surface area contributed by atoms with Crippen molar-refractivity contribution in [3.05, 3.63) is 34.7 Å². The Morgan fingerprint density at radius 1 is 1.37 bits per heavy atom. The van der Waals surface area contributed by atoms with Gasteiger partial charge in [-0.3, -0.25) is 9.59 Å². The standard InChI is InChI=1S/C14H15NO3S/c1-8(14(17)18)7-15-13(16)12-9(2)10-5-3-4-6-11(10)19-12/h3-6,8H,7H2,1-2H3,(H,15,16)(H,17,18). The van der Waals surface area contributed by atoms with Gasteiger partial charge in [0.1, 0.15) is 0 Å². The molecule has 2 rings (SSSR count). The summed E-state index contributed by atoms with van der Waals surface area (Å²) in [4.78, 5) is 23.4. The van der Waals surface area contributed by atoms with Crippen molar-refractivity contribution < 1.29 is 14.7 Å². The molecule has 2 aromatic rings. The van der Waals surface area contributed by atoms with Gasteiger partial charge in [0.25, 0.3) is 5.91 Å². The van der Waals surface area contributed by atoms with Gasteiger partial charge in [0.05, 0.1) is 10.8 Å². The number of carboxylic acid groups (broad SMARTS) is 1. The molecule has 0 spiro atoms. The van der Waals surface area contributed by atoms with Crippen molar-refractivity contribution in [1.82, 2.24) is 5.32 Å². The Morgan fingerprint density at radius 2 is 2.05 bits per heavy atom. The summed E-state index contributed by atoms with van der Waals surface area (Å²) in [5.74, 6) is -1.70. The highest BCUT2D eigenvalue weighted by atomic mass is 32.1. The highest BCUT2D eigenvalue weighted by molar-refractivity contribution is 7.21. The predicted octanol–water partition coefficient (Wildman–Crippen LogP) is 2.66. The van der Waals surface area contributed by atoms with Gasteiger partial charge in [-0.15, -0.1) is 11.3 Å². The fourth-order valence-electron chi connectivity index (χ4n) is 1.80. The summed E-state index contributed by atoms with van der Waals surface area (Å²) in [5.41, 5.74) is 0.945. The minimum Gasteiger partial charge on any atom is -0.481 e. The smallest absolute Gasteiger partial charge is 0.308 e. The molecular weight excluding hydrogens is 262 g/mol. The Kier molecular flexibility index (Phi) is 3.85. The van der Waals surface area contributed by atoms with E-state index >= 15 is 0 Å². The molecule has 1 unspecified atom stereocenters. The van der Waals surface area contributed by atoms with Crippen LogP contribution in [0.3, 0.4) is 0 Å². The number of amides is 1. The van der Waals surface area contributed by atoms with E-state index in [0.717, 1.165) is 15.6 Å². The normalized spacial score (nSPS) is 12.3. The molecule has 1 atom stereocenters. The van der Waals surface area contributed by atoms with Gasteiger partial charge < -0.3 is 10.4 Å². The second-order valence-corrected chi connectivity index (χ2v) is 5.55. The lowest BCUT2D eigenvalue weighted by molar-refractivity contribution is -0.140. The van der Waals surface area contributed by atoms with Crippen LogP contribution in [0.2, 0.25) is 0 Å². The lowest BCUT2D eigenvalue weighted by Gasteiger charge is -2.07. The molecule has 0 fully saturated rings. The predicted molar refractivity (Wildman–Crippen MR) is 75.7 cm³/mol. The van der Waals surface area contributed by atoms with Crippen LogP contribution in [-0.2, 0) is 4.79 Å². The molecule has 0 aliphatic heterocycles. The first-order valence-electron chi connectivity index (χ1n) is 6.00. The molecule has 4 nitrogen and oxygen atoms in total. The highest BCUT2D eigenvalue weighted by Crippen LogP contribution is 2.30. The Bertz CT molecular complexity index is 633. The van der Waals surface area contributed by atoms with Gasteiger partial charge in [-0.1, -0.05) is 25.1 Å². The molecule has 0 radical (unpaired) electrons. The van der Waals surface area contributed by atoms with Crippen LogP contribution in [0.15, 0.2) is 24.3 Å². The summed E-state index contributed by atoms with van der Waals surface area (Å²) in [7, 11) is 0. The van der Waals surface area contributed by atoms with Crippen molar-refractivity contribution in [1.29, 1.82) is 0 Å². The van der Waals surface area contributed by atoms with Gasteiger partial charge in [-0.25, -0.2) is 0 Å². The fraction of sp³-hybridized carbons (Fsp3) is 0.286. The number of aliphatic carboxylic acids is 1. The molecule has 0 aliphatic rings. The molecular formula is C14H15NO3S. The van der Waals surface area contributed by atoms with Gasteiger partial charge in [0, 0.05) is 11.2 Å². The maximum absolute atomic E-state index is 12.1. The summed E-state index contributed by atoms with van der Waals surface area (Å²) in [5, 5.41) is 12.5. The molecule has 0 bridgehead atoms. The van der Waals surface area contributed by atoms with Crippen LogP contribution in [0.25, 0.3) is 10.1 Å². The molecule has 1 aromatic carbocycles. The zero-order valence-electron chi connectivity index (χ0n) is 10.8. The van der Waals surface area contributed by atoms with E-state index < -0.39 is 11.9 Å². The summed E-state index contributed by atoms with van der Waals surface area (Å²) in [6.07, 6.45) is 0. The number of carboxylic acids is 1. The lowest BCUT2D eigenvalue weighted by Crippen LogP contribution is -2.31. The SMILES string of the molecule is Cc1c(C(=O)NCC(C)C(=O)O)sc2ccccc12. The third kappa shape index (κ3) is 2.76. The zero-order chi connectivity index (χ0) is 14.0. The molecule has 100 valence electrons. The monoisotopic (exact) mass is 277 g/mol. The molecule has 0 saturated heterocycles. The molecule has 2 N–H and O–H groups in total. The number of nitrogens with one attached hydrogen (secondary N) is 1. The summed E-state index contributed by atoms with van der Waals surface area (Å²) in [6, 6.07) is 7.84. The van der Waals surface area contributed by atoms with E-state index in [-0.39, 0.29) is 12.5 Å². The van der Waals surface area contributed by atoms with Crippen LogP contribution < -0.4 is 5.32 Å². The topological polar surface area (TPSA) is 66.4 Å². The molecule has 0 aliphatic carbocycles. The number of carbonyl (C=O) groups excluding carboxylic acids is 1. The minimum absolute atomic E-state index is 0.141. The van der Waals surface area contributed by atoms with E-state index in [9.17, 15) is 9.59 Å². The van der Waals surface area contributed by atoms with Gasteiger partial charge in [0.2, 0.25) is 0 Å². The number of hydrogen-bond donors (Lipinski definition) is 2. The van der Waals surface area contributed by atoms with E-state index in [2.05, 4.69) is 5.32 Å². The quantitative estimate of drug-likeness (QED) is 0.903. The maximum atomic E-state index is 12.1. The van der Waals surface area contributed by atoms with E-state index in [4.69, 9.17) is 5.11 Å². The molecule has 1 heterocycles. The van der Waals surface area contributed by atoms with Crippen molar-refractivity contribution in [2.24, 2.45) is 5.92 Å². The number of aryl methyl sites for hydroxylation is 1. The van der Waals surface area contributed by atoms with Crippen LogP contribution in [0.1, 0.15) is 22.2 Å². The van der Waals surface area contributed by atoms with Crippen molar-refractivity contribution in [2.45, 2.75) is 13.8 Å². The number of rotatable bonds is 4. The second-order valence-electron chi connectivity index (χ2n) is 4.50. The lowest BCUT2D eigenvalue weighted by atomic mass is 10.1. The van der Waals surface area contributed by atoms with Crippen molar-refractivity contribution in [3.8, 4) is 0 Å². The van der Waals surface area contributed by atoms with Crippen LogP contribution in [0.5, 0.6) is 0 Å². The van der Waals surface area contributed by atoms with Gasteiger partial charge in [-0.05, 0) is 23.9 Å². The van der Waals surface area contributed by atoms with E-state index in [1.54, 1.807) is 6.92 Å². The summed E-state index contributed by atoms with van der Waals surface area (Å²) in [6.45, 7) is 3.62. The van der Waals surface area contributed by atoms with Crippen molar-refractivity contribution in [2.75, 3.05) is 6.54 Å². The van der Waals surface area contributed by atoms with Crippen molar-refractivity contribution >= 4 is 33.3 Å². The largest absolute Gasteiger partial charge is 0.481 e. The summed E-state index contributed by atoms with van der Waals surface area (Å²) < 4.78 is 1.07. The second kappa shape index (κ2) is 5.40. The number of thiophene rings is 1. The van der Waals surface area contributed by atoms with Crippen LogP contribution in [-0.4, -0.2) is 23.5 Å². The Morgan fingerprint density at radius 3 is 2.68 bits per heavy atom. The van der Waals surface area contributed by atoms with Gasteiger partial charge in [-0.2, -0.15) is 0 Å². The third-order valence-electron chi connectivity index (χ3n) is 3.04. The minimum atomic E-state index is -0.909. The third-order valence-corrected chi connectivity index (χ3v) is 4.31. The Labute approximate surface area is 115 Å². The number of carbonyl (C=O) groups is 2. The van der Waals surface area contributed by atoms with Crippen LogP contribution in [0, 0.1) is 12.8 Å². The van der Waals surface area contributed by atoms with E-state index in [1.807, 2.05) is 31.2 Å². The average Bonchev–Trinajstić information content (AvgIpc) is 2.73. The number of hydrogen-bond acceptors (Lipinski definition) is 3. The molecule has 19 heavy (non-hydrogen) atoms. The molecule has 5 heteroatoms. The first-order chi connectivity index (χ1) is 9.00. The van der Waals surface area contributed by atoms with Crippen molar-refractivity contribution in [3.63, 3.8) is 0 Å². The number of fused-ring (bicyclic) bond motifs is 1. The fourth-order valence-corrected chi connectivity index (χ4v) is 2.93. The molecule has 0 saturated carbocycles. The van der Waals surface area contributed by atoms with E-state index in [1.165, 1.54) is 11.3 Å².